The second-order valence-corrected chi connectivity index (χ2v) is 13.1. The number of aliphatic hydroxyl groups excluding tert-OH is 1. The number of nitrogens with one attached hydrogen (secondary N) is 1. The zero-order valence-electron chi connectivity index (χ0n) is 27.7. The molecule has 6 rings (SSSR count). The molecule has 256 valence electrons. The Bertz CT molecular complexity index is 1740. The van der Waals surface area contributed by atoms with Crippen LogP contribution in [-0.2, 0) is 28.7 Å². The third-order valence-corrected chi connectivity index (χ3v) is 10.0. The van der Waals surface area contributed by atoms with Crippen molar-refractivity contribution < 1.29 is 33.8 Å². The van der Waals surface area contributed by atoms with Crippen molar-refractivity contribution >= 4 is 40.2 Å². The van der Waals surface area contributed by atoms with Gasteiger partial charge >= 0.3 is 5.97 Å². The largest absolute Gasteiger partial charge is 0.460 e. The molecule has 3 fully saturated rings. The molecule has 3 aromatic carbocycles. The van der Waals surface area contributed by atoms with Crippen molar-refractivity contribution in [2.45, 2.75) is 62.5 Å². The van der Waals surface area contributed by atoms with Gasteiger partial charge in [0.05, 0.1) is 37.1 Å². The van der Waals surface area contributed by atoms with E-state index in [1.807, 2.05) is 60.7 Å². The second kappa shape index (κ2) is 14.4. The van der Waals surface area contributed by atoms with Gasteiger partial charge in [-0.15, -0.1) is 13.2 Å². The van der Waals surface area contributed by atoms with Gasteiger partial charge in [0, 0.05) is 18.7 Å². The summed E-state index contributed by atoms with van der Waals surface area (Å²) in [4.78, 5) is 58.8. The molecule has 10 heteroatoms. The number of carbonyl (C=O) groups excluding carboxylic acids is 4. The molecule has 2 bridgehead atoms. The van der Waals surface area contributed by atoms with E-state index in [0.29, 0.717) is 30.5 Å². The quantitative estimate of drug-likeness (QED) is 0.192. The number of rotatable bonds is 14. The molecule has 3 aliphatic heterocycles. The smallest absolute Gasteiger partial charge is 0.312 e. The molecule has 7 atom stereocenters. The van der Waals surface area contributed by atoms with Crippen LogP contribution in [0.5, 0.6) is 0 Å². The standard InChI is InChI=1S/C39H43N3O7/c1-4-6-16-32(44)40-23-25(3)48-38(47)33-31-19-20-39(49-31)34(33)36(45)42(30(24-43)27-13-8-7-9-14-27)35(39)37(46)41(21-5-2)29-18-17-26-12-10-11-15-28(26)22-29/h4-5,7-15,17-18,22,25,30-31,33-35,43H,1-2,6,16,19-21,23-24H2,3H3,(H,40,44)/t25-,30+,31+,33-,34-,35+,39-/m0/s1. The molecule has 10 nitrogen and oxygen atoms in total. The van der Waals surface area contributed by atoms with Crippen molar-refractivity contribution in [3.8, 4) is 0 Å². The van der Waals surface area contributed by atoms with Gasteiger partial charge in [0.1, 0.15) is 17.7 Å². The van der Waals surface area contributed by atoms with Crippen molar-refractivity contribution in [3.63, 3.8) is 0 Å². The van der Waals surface area contributed by atoms with Gasteiger partial charge < -0.3 is 29.7 Å². The van der Waals surface area contributed by atoms with E-state index in [2.05, 4.69) is 18.5 Å². The zero-order valence-corrected chi connectivity index (χ0v) is 27.7. The van der Waals surface area contributed by atoms with Crippen LogP contribution in [0, 0.1) is 11.8 Å². The molecular weight excluding hydrogens is 622 g/mol. The van der Waals surface area contributed by atoms with E-state index in [9.17, 15) is 19.5 Å². The Morgan fingerprint density at radius 1 is 1.08 bits per heavy atom. The Morgan fingerprint density at radius 2 is 1.82 bits per heavy atom. The number of likely N-dealkylation sites (tertiary alicyclic amines) is 1. The summed E-state index contributed by atoms with van der Waals surface area (Å²) in [7, 11) is 0. The normalized spacial score (nSPS) is 25.0. The first-order valence-electron chi connectivity index (χ1n) is 16.9. The topological polar surface area (TPSA) is 125 Å². The first kappa shape index (κ1) is 34.1. The van der Waals surface area contributed by atoms with Crippen molar-refractivity contribution in [1.29, 1.82) is 0 Å². The molecule has 3 amide bonds. The number of benzene rings is 3. The number of aliphatic hydroxyl groups is 1. The van der Waals surface area contributed by atoms with Gasteiger partial charge in [-0.2, -0.15) is 0 Å². The first-order valence-corrected chi connectivity index (χ1v) is 16.9. The van der Waals surface area contributed by atoms with Crippen LogP contribution in [-0.4, -0.2) is 77.2 Å². The minimum absolute atomic E-state index is 0.111. The zero-order chi connectivity index (χ0) is 34.7. The van der Waals surface area contributed by atoms with Crippen LogP contribution >= 0.6 is 0 Å². The third-order valence-electron chi connectivity index (χ3n) is 10.0. The van der Waals surface area contributed by atoms with Crippen LogP contribution in [0.3, 0.4) is 0 Å². The lowest BCUT2D eigenvalue weighted by Crippen LogP contribution is -2.57. The van der Waals surface area contributed by atoms with Crippen molar-refractivity contribution in [1.82, 2.24) is 10.2 Å². The molecule has 49 heavy (non-hydrogen) atoms. The van der Waals surface area contributed by atoms with E-state index >= 15 is 4.79 Å². The fourth-order valence-electron chi connectivity index (χ4n) is 7.85. The number of esters is 1. The molecule has 1 spiro atoms. The van der Waals surface area contributed by atoms with Gasteiger partial charge in [-0.25, -0.2) is 0 Å². The Kier molecular flexibility index (Phi) is 9.99. The van der Waals surface area contributed by atoms with E-state index in [1.165, 1.54) is 4.90 Å². The van der Waals surface area contributed by atoms with Crippen LogP contribution in [0.4, 0.5) is 5.69 Å². The predicted molar refractivity (Wildman–Crippen MR) is 185 cm³/mol. The number of allylic oxidation sites excluding steroid dienone is 1. The van der Waals surface area contributed by atoms with Crippen LogP contribution in [0.25, 0.3) is 10.8 Å². The highest BCUT2D eigenvalue weighted by molar-refractivity contribution is 6.05. The number of fused-ring (bicyclic) bond motifs is 2. The maximum Gasteiger partial charge on any atom is 0.312 e. The lowest BCUT2D eigenvalue weighted by atomic mass is 9.70. The SMILES string of the molecule is C=CCCC(=O)NC[C@H](C)OC(=O)[C@@H]1[C@H]2C(=O)N([C@H](CO)c3ccccc3)[C@H](C(=O)N(CC=C)c3ccc4ccccc4c3)[C@]23CC[C@H]1O3. The third kappa shape index (κ3) is 6.26. The van der Waals surface area contributed by atoms with Crippen LogP contribution < -0.4 is 10.2 Å². The fourth-order valence-corrected chi connectivity index (χ4v) is 7.85. The van der Waals surface area contributed by atoms with E-state index < -0.39 is 60.2 Å². The molecule has 2 N–H and O–H groups in total. The Hall–Kier alpha value is -4.80. The van der Waals surface area contributed by atoms with Crippen molar-refractivity contribution in [2.75, 3.05) is 24.6 Å². The van der Waals surface area contributed by atoms with E-state index in [-0.39, 0.29) is 31.3 Å². The Balaban J connectivity index is 1.36. The molecule has 3 aromatic rings. The maximum absolute atomic E-state index is 15.0. The fraction of sp³-hybridized carbons (Fsp3) is 0.385. The highest BCUT2D eigenvalue weighted by Gasteiger charge is 2.75. The molecule has 0 aliphatic carbocycles. The number of anilines is 1. The van der Waals surface area contributed by atoms with Crippen molar-refractivity contribution in [3.05, 3.63) is 104 Å². The van der Waals surface area contributed by atoms with Gasteiger partial charge in [0.2, 0.25) is 11.8 Å². The number of nitrogens with zero attached hydrogens (tertiary/aromatic N) is 2. The monoisotopic (exact) mass is 665 g/mol. The molecule has 0 saturated carbocycles. The Labute approximate surface area is 286 Å². The Morgan fingerprint density at radius 3 is 2.53 bits per heavy atom. The lowest BCUT2D eigenvalue weighted by Gasteiger charge is -2.39. The maximum atomic E-state index is 15.0. The molecule has 0 unspecified atom stereocenters. The van der Waals surface area contributed by atoms with Gasteiger partial charge in [-0.05, 0) is 54.7 Å². The summed E-state index contributed by atoms with van der Waals surface area (Å²) in [6.07, 6.45) is 3.67. The van der Waals surface area contributed by atoms with Crippen molar-refractivity contribution in [2.24, 2.45) is 11.8 Å². The van der Waals surface area contributed by atoms with Crippen LogP contribution in [0.2, 0.25) is 0 Å². The number of hydrogen-bond donors (Lipinski definition) is 2. The molecular formula is C39H43N3O7. The van der Waals surface area contributed by atoms with E-state index in [4.69, 9.17) is 9.47 Å². The molecule has 0 radical (unpaired) electrons. The average molecular weight is 666 g/mol. The second-order valence-electron chi connectivity index (χ2n) is 13.1. The molecule has 3 saturated heterocycles. The van der Waals surface area contributed by atoms with Gasteiger partial charge in [0.25, 0.3) is 5.91 Å². The van der Waals surface area contributed by atoms with Gasteiger partial charge in [0.15, 0.2) is 0 Å². The van der Waals surface area contributed by atoms with E-state index in [1.54, 1.807) is 36.1 Å². The van der Waals surface area contributed by atoms with Gasteiger partial charge in [-0.3, -0.25) is 19.2 Å². The van der Waals surface area contributed by atoms with Crippen LogP contribution in [0.1, 0.15) is 44.2 Å². The molecule has 3 heterocycles. The summed E-state index contributed by atoms with van der Waals surface area (Å²) < 4.78 is 12.5. The molecule has 0 aromatic heterocycles. The first-order chi connectivity index (χ1) is 23.7. The average Bonchev–Trinajstić information content (AvgIpc) is 3.76. The number of hydrogen-bond acceptors (Lipinski definition) is 7. The minimum atomic E-state index is -1.32. The predicted octanol–water partition coefficient (Wildman–Crippen LogP) is 4.48. The van der Waals surface area contributed by atoms with Crippen LogP contribution in [0.15, 0.2) is 98.1 Å². The summed E-state index contributed by atoms with van der Waals surface area (Å²) in [5, 5.41) is 15.5. The number of carbonyl (C=O) groups is 4. The summed E-state index contributed by atoms with van der Waals surface area (Å²) >= 11 is 0. The number of amides is 3. The number of ether oxygens (including phenoxy) is 2. The van der Waals surface area contributed by atoms with Gasteiger partial charge in [-0.1, -0.05) is 72.8 Å². The minimum Gasteiger partial charge on any atom is -0.460 e. The van der Waals surface area contributed by atoms with E-state index in [0.717, 1.165) is 10.8 Å². The summed E-state index contributed by atoms with van der Waals surface area (Å²) in [5.41, 5.74) is -0.0325. The highest BCUT2D eigenvalue weighted by Crippen LogP contribution is 2.60. The summed E-state index contributed by atoms with van der Waals surface area (Å²) in [5.74, 6) is -3.56. The highest BCUT2D eigenvalue weighted by atomic mass is 16.6. The summed E-state index contributed by atoms with van der Waals surface area (Å²) in [6, 6.07) is 20.7. The lowest BCUT2D eigenvalue weighted by molar-refractivity contribution is -0.159. The molecule has 3 aliphatic rings. The summed E-state index contributed by atoms with van der Waals surface area (Å²) in [6.45, 7) is 9.05.